The molecule has 3 aliphatic rings. The Hall–Kier alpha value is -2.43. The van der Waals surface area contributed by atoms with Gasteiger partial charge in [0, 0.05) is 0 Å². The molecule has 1 N–H and O–H groups in total. The predicted octanol–water partition coefficient (Wildman–Crippen LogP) is 1.70. The van der Waals surface area contributed by atoms with Crippen LogP contribution >= 0.6 is 0 Å². The third-order valence-electron chi connectivity index (χ3n) is 4.84. The number of carboxylic acids is 1. The number of benzene rings is 1. The molecule has 1 aliphatic heterocycles. The Labute approximate surface area is 120 Å². The monoisotopic (exact) mass is 283 g/mol. The van der Waals surface area contributed by atoms with Gasteiger partial charge in [0.1, 0.15) is 0 Å². The third kappa shape index (κ3) is 1.54. The van der Waals surface area contributed by atoms with Gasteiger partial charge in [-0.25, -0.2) is 4.79 Å². The lowest BCUT2D eigenvalue weighted by atomic mass is 9.85. The van der Waals surface area contributed by atoms with Gasteiger partial charge in [0.2, 0.25) is 11.8 Å². The number of allylic oxidation sites excluding steroid dienone is 2. The fourth-order valence-corrected chi connectivity index (χ4v) is 3.91. The summed E-state index contributed by atoms with van der Waals surface area (Å²) >= 11 is 0. The molecule has 21 heavy (non-hydrogen) atoms. The molecule has 1 saturated carbocycles. The van der Waals surface area contributed by atoms with Crippen LogP contribution in [0.3, 0.4) is 0 Å². The maximum atomic E-state index is 12.6. The number of aromatic carboxylic acids is 1. The van der Waals surface area contributed by atoms with Crippen molar-refractivity contribution < 1.29 is 19.5 Å². The van der Waals surface area contributed by atoms with E-state index in [9.17, 15) is 14.4 Å². The number of fused-ring (bicyclic) bond motifs is 5. The molecule has 0 spiro atoms. The van der Waals surface area contributed by atoms with Crippen molar-refractivity contribution in [1.29, 1.82) is 0 Å². The molecule has 4 atom stereocenters. The van der Waals surface area contributed by atoms with Crippen LogP contribution < -0.4 is 4.90 Å². The van der Waals surface area contributed by atoms with Gasteiger partial charge in [-0.1, -0.05) is 12.2 Å². The number of hydrogen-bond acceptors (Lipinski definition) is 3. The average Bonchev–Trinajstić information content (AvgIpc) is 3.13. The SMILES string of the molecule is O=C(O)c1ccc(N2C(=O)[C@@H]3[C@@H](C2=O)[C@@H]2C=C[C@@H]3C2)cc1. The summed E-state index contributed by atoms with van der Waals surface area (Å²) in [6.45, 7) is 0. The van der Waals surface area contributed by atoms with Crippen molar-refractivity contribution in [3.05, 3.63) is 42.0 Å². The van der Waals surface area contributed by atoms with Crippen molar-refractivity contribution in [2.75, 3.05) is 4.90 Å². The average molecular weight is 283 g/mol. The molecule has 2 aliphatic carbocycles. The Morgan fingerprint density at radius 2 is 1.52 bits per heavy atom. The Bertz CT molecular complexity index is 661. The van der Waals surface area contributed by atoms with Gasteiger partial charge < -0.3 is 5.11 Å². The molecule has 1 saturated heterocycles. The van der Waals surface area contributed by atoms with Crippen LogP contribution in [0.2, 0.25) is 0 Å². The summed E-state index contributed by atoms with van der Waals surface area (Å²) in [4.78, 5) is 37.2. The number of imide groups is 1. The summed E-state index contributed by atoms with van der Waals surface area (Å²) < 4.78 is 0. The molecule has 5 heteroatoms. The molecule has 0 unspecified atom stereocenters. The van der Waals surface area contributed by atoms with Crippen LogP contribution in [0, 0.1) is 23.7 Å². The summed E-state index contributed by atoms with van der Waals surface area (Å²) in [5.41, 5.74) is 0.601. The molecule has 0 aromatic heterocycles. The molecule has 0 radical (unpaired) electrons. The van der Waals surface area contributed by atoms with Gasteiger partial charge in [0.15, 0.2) is 0 Å². The standard InChI is InChI=1S/C16H13NO4/c18-14-12-9-1-2-10(7-9)13(12)15(19)17(14)11-5-3-8(4-6-11)16(20)21/h1-6,9-10,12-13H,7H2,(H,20,21)/t9-,10-,12+,13+/m1/s1. The summed E-state index contributed by atoms with van der Waals surface area (Å²) in [6.07, 6.45) is 5.00. The number of nitrogens with zero attached hydrogens (tertiary/aromatic N) is 1. The number of hydrogen-bond donors (Lipinski definition) is 1. The summed E-state index contributed by atoms with van der Waals surface area (Å²) in [5.74, 6) is -1.42. The van der Waals surface area contributed by atoms with Crippen LogP contribution in [-0.2, 0) is 9.59 Å². The van der Waals surface area contributed by atoms with E-state index in [1.54, 1.807) is 0 Å². The molecule has 2 amide bonds. The summed E-state index contributed by atoms with van der Waals surface area (Å²) in [5, 5.41) is 8.90. The second-order valence-corrected chi connectivity index (χ2v) is 5.86. The first-order valence-corrected chi connectivity index (χ1v) is 6.97. The van der Waals surface area contributed by atoms with E-state index in [1.807, 2.05) is 12.2 Å². The highest BCUT2D eigenvalue weighted by molar-refractivity contribution is 6.22. The lowest BCUT2D eigenvalue weighted by Crippen LogP contribution is -2.32. The number of rotatable bonds is 2. The van der Waals surface area contributed by atoms with Crippen LogP contribution in [0.4, 0.5) is 5.69 Å². The maximum absolute atomic E-state index is 12.6. The Morgan fingerprint density at radius 3 is 2.00 bits per heavy atom. The first-order valence-electron chi connectivity index (χ1n) is 6.97. The quantitative estimate of drug-likeness (QED) is 0.662. The van der Waals surface area contributed by atoms with Crippen molar-refractivity contribution in [3.63, 3.8) is 0 Å². The van der Waals surface area contributed by atoms with E-state index >= 15 is 0 Å². The van der Waals surface area contributed by atoms with Crippen LogP contribution in [0.1, 0.15) is 16.8 Å². The zero-order valence-corrected chi connectivity index (χ0v) is 11.1. The Kier molecular flexibility index (Phi) is 2.37. The number of anilines is 1. The van der Waals surface area contributed by atoms with Crippen molar-refractivity contribution in [1.82, 2.24) is 0 Å². The maximum Gasteiger partial charge on any atom is 0.335 e. The molecule has 2 fully saturated rings. The van der Waals surface area contributed by atoms with E-state index in [-0.39, 0.29) is 41.0 Å². The second-order valence-electron chi connectivity index (χ2n) is 5.86. The van der Waals surface area contributed by atoms with Crippen LogP contribution in [0.5, 0.6) is 0 Å². The molecule has 5 nitrogen and oxygen atoms in total. The minimum atomic E-state index is -1.03. The van der Waals surface area contributed by atoms with Crippen LogP contribution in [-0.4, -0.2) is 22.9 Å². The molecular formula is C16H13NO4. The molecule has 2 bridgehead atoms. The molecule has 106 valence electrons. The number of carbonyl (C=O) groups is 3. The highest BCUT2D eigenvalue weighted by Gasteiger charge is 2.59. The first-order chi connectivity index (χ1) is 10.1. The highest BCUT2D eigenvalue weighted by atomic mass is 16.4. The normalized spacial score (nSPS) is 32.9. The molecule has 1 aromatic carbocycles. The molecule has 1 heterocycles. The van der Waals surface area contributed by atoms with Crippen molar-refractivity contribution in [2.45, 2.75) is 6.42 Å². The van der Waals surface area contributed by atoms with E-state index in [4.69, 9.17) is 5.11 Å². The Balaban J connectivity index is 1.69. The highest BCUT2D eigenvalue weighted by Crippen LogP contribution is 2.53. The fraction of sp³-hybridized carbons (Fsp3) is 0.312. The lowest BCUT2D eigenvalue weighted by molar-refractivity contribution is -0.123. The molecule has 4 rings (SSSR count). The Morgan fingerprint density at radius 1 is 1.00 bits per heavy atom. The van der Waals surface area contributed by atoms with E-state index in [0.717, 1.165) is 6.42 Å². The smallest absolute Gasteiger partial charge is 0.335 e. The molecule has 1 aromatic rings. The summed E-state index contributed by atoms with van der Waals surface area (Å²) in [7, 11) is 0. The minimum absolute atomic E-state index is 0.139. The first kappa shape index (κ1) is 12.3. The van der Waals surface area contributed by atoms with Gasteiger partial charge in [0.25, 0.3) is 0 Å². The van der Waals surface area contributed by atoms with Crippen molar-refractivity contribution in [2.24, 2.45) is 23.7 Å². The largest absolute Gasteiger partial charge is 0.478 e. The van der Waals surface area contributed by atoms with Crippen molar-refractivity contribution >= 4 is 23.5 Å². The fourth-order valence-electron chi connectivity index (χ4n) is 3.91. The van der Waals surface area contributed by atoms with E-state index in [1.165, 1.54) is 29.2 Å². The van der Waals surface area contributed by atoms with E-state index < -0.39 is 5.97 Å². The predicted molar refractivity (Wildman–Crippen MR) is 73.6 cm³/mol. The zero-order valence-electron chi connectivity index (χ0n) is 11.1. The zero-order chi connectivity index (χ0) is 14.7. The van der Waals surface area contributed by atoms with Gasteiger partial charge in [-0.3, -0.25) is 14.5 Å². The van der Waals surface area contributed by atoms with E-state index in [2.05, 4.69) is 0 Å². The number of carbonyl (C=O) groups excluding carboxylic acids is 2. The third-order valence-corrected chi connectivity index (χ3v) is 4.84. The van der Waals surface area contributed by atoms with Crippen molar-refractivity contribution in [3.8, 4) is 0 Å². The van der Waals surface area contributed by atoms with Crippen LogP contribution in [0.25, 0.3) is 0 Å². The molecular weight excluding hydrogens is 270 g/mol. The van der Waals surface area contributed by atoms with Gasteiger partial charge in [-0.15, -0.1) is 0 Å². The number of carboxylic acid groups (broad SMARTS) is 1. The van der Waals surface area contributed by atoms with Gasteiger partial charge in [-0.2, -0.15) is 0 Å². The van der Waals surface area contributed by atoms with Gasteiger partial charge >= 0.3 is 5.97 Å². The van der Waals surface area contributed by atoms with Gasteiger partial charge in [0.05, 0.1) is 23.1 Å². The second kappa shape index (κ2) is 4.04. The van der Waals surface area contributed by atoms with Gasteiger partial charge in [-0.05, 0) is 42.5 Å². The minimum Gasteiger partial charge on any atom is -0.478 e. The summed E-state index contributed by atoms with van der Waals surface area (Å²) in [6, 6.07) is 5.88. The lowest BCUT2D eigenvalue weighted by Gasteiger charge is -2.17. The topological polar surface area (TPSA) is 74.7 Å². The number of amides is 2. The van der Waals surface area contributed by atoms with Crippen LogP contribution in [0.15, 0.2) is 36.4 Å². The van der Waals surface area contributed by atoms with E-state index in [0.29, 0.717) is 5.69 Å².